The van der Waals surface area contributed by atoms with Gasteiger partial charge in [0.15, 0.2) is 0 Å². The van der Waals surface area contributed by atoms with Crippen LogP contribution in [-0.2, 0) is 14.3 Å². The van der Waals surface area contributed by atoms with Gasteiger partial charge >= 0.3 is 5.97 Å². The molecule has 0 radical (unpaired) electrons. The van der Waals surface area contributed by atoms with E-state index in [-0.39, 0.29) is 41.3 Å². The van der Waals surface area contributed by atoms with Gasteiger partial charge in [-0.05, 0) is 87.5 Å². The highest BCUT2D eigenvalue weighted by molar-refractivity contribution is 5.84. The fourth-order valence-electron chi connectivity index (χ4n) is 8.19. The van der Waals surface area contributed by atoms with Gasteiger partial charge in [-0.3, -0.25) is 9.59 Å². The zero-order chi connectivity index (χ0) is 22.8. The molecule has 0 spiro atoms. The number of hydrogen-bond donors (Lipinski definition) is 2. The first kappa shape index (κ1) is 22.2. The van der Waals surface area contributed by atoms with Crippen molar-refractivity contribution in [3.05, 3.63) is 0 Å². The van der Waals surface area contributed by atoms with Crippen LogP contribution in [-0.4, -0.2) is 53.6 Å². The van der Waals surface area contributed by atoms with Gasteiger partial charge in [0.2, 0.25) is 5.91 Å². The van der Waals surface area contributed by atoms with E-state index in [4.69, 9.17) is 10.5 Å². The zero-order valence-electron chi connectivity index (χ0n) is 19.7. The number of piperidine rings is 1. The number of nitriles is 1. The Hall–Kier alpha value is -1.65. The summed E-state index contributed by atoms with van der Waals surface area (Å²) in [6.45, 7) is 4.16. The van der Waals surface area contributed by atoms with Crippen LogP contribution < -0.4 is 11.1 Å². The quantitative estimate of drug-likeness (QED) is 0.586. The van der Waals surface area contributed by atoms with E-state index in [1.807, 2.05) is 11.9 Å². The Morgan fingerprint density at radius 1 is 1.22 bits per heavy atom. The third kappa shape index (κ3) is 3.37. The van der Waals surface area contributed by atoms with Crippen molar-refractivity contribution >= 4 is 11.9 Å². The Labute approximate surface area is 191 Å². The lowest BCUT2D eigenvalue weighted by molar-refractivity contribution is -0.208. The number of esters is 1. The Morgan fingerprint density at radius 2 is 1.91 bits per heavy atom. The number of nitrogens with zero attached hydrogens (tertiary/aromatic N) is 2. The van der Waals surface area contributed by atoms with Gasteiger partial charge in [-0.15, -0.1) is 0 Å². The molecule has 7 heteroatoms. The molecule has 10 atom stereocenters. The van der Waals surface area contributed by atoms with Crippen LogP contribution in [0.1, 0.15) is 71.6 Å². The lowest BCUT2D eigenvalue weighted by atomic mass is 9.46. The molecule has 6 rings (SSSR count). The molecule has 1 aliphatic heterocycles. The van der Waals surface area contributed by atoms with Gasteiger partial charge in [0, 0.05) is 6.04 Å². The Balaban J connectivity index is 1.37. The normalized spacial score (nSPS) is 43.8. The molecule has 0 aromatic heterocycles. The molecular formula is C25H38N4O3. The van der Waals surface area contributed by atoms with Crippen molar-refractivity contribution in [3.63, 3.8) is 0 Å². The number of rotatable bonds is 7. The molecule has 6 fully saturated rings. The van der Waals surface area contributed by atoms with Crippen LogP contribution in [0.5, 0.6) is 0 Å². The predicted octanol–water partition coefficient (Wildman–Crippen LogP) is 2.34. The Kier molecular flexibility index (Phi) is 5.33. The second kappa shape index (κ2) is 7.70. The number of nitrogens with one attached hydrogen (secondary N) is 1. The number of amides is 1. The maximum atomic E-state index is 13.6. The number of carbonyl (C=O) groups excluding carboxylic acids is 2. The Morgan fingerprint density at radius 3 is 2.50 bits per heavy atom. The van der Waals surface area contributed by atoms with E-state index >= 15 is 0 Å². The highest BCUT2D eigenvalue weighted by Gasteiger charge is 2.64. The molecule has 1 amide bonds. The molecule has 4 bridgehead atoms. The molecule has 3 N–H and O–H groups in total. The number of fused-ring (bicyclic) bond motifs is 1. The van der Waals surface area contributed by atoms with Gasteiger partial charge < -0.3 is 20.7 Å². The molecule has 7 nitrogen and oxygen atoms in total. The molecule has 5 aliphatic carbocycles. The summed E-state index contributed by atoms with van der Waals surface area (Å²) in [7, 11) is 1.82. The molecule has 5 saturated carbocycles. The number of nitrogens with two attached hydrogens (primary N) is 1. The maximum Gasteiger partial charge on any atom is 0.323 e. The number of hydrogen-bond acceptors (Lipinski definition) is 6. The number of carbonyl (C=O) groups is 2. The maximum absolute atomic E-state index is 13.6. The summed E-state index contributed by atoms with van der Waals surface area (Å²) in [5.41, 5.74) is 5.97. The number of likely N-dealkylation sites (tertiary alicyclic amines) is 1. The van der Waals surface area contributed by atoms with Crippen molar-refractivity contribution in [2.45, 2.75) is 101 Å². The second-order valence-corrected chi connectivity index (χ2v) is 11.7. The van der Waals surface area contributed by atoms with E-state index in [2.05, 4.69) is 25.2 Å². The first-order valence-corrected chi connectivity index (χ1v) is 12.6. The molecular weight excluding hydrogens is 404 g/mol. The van der Waals surface area contributed by atoms with E-state index in [0.29, 0.717) is 24.2 Å². The molecule has 176 valence electrons. The summed E-state index contributed by atoms with van der Waals surface area (Å²) < 4.78 is 6.34. The molecule has 1 saturated heterocycles. The standard InChI is InChI=1S/C25H38N4O3/c1-4-14(2)20(28-3)23(31)32-25-10-15-5-16(11-25)9-24(8-15,13-25)21(27)22(30)29-18(12-26)6-17-7-19(17)29/h14-21,28H,4-11,13,27H2,1-3H3/t14?,15-,16?,17?,18-,19?,20-,21+,24?,25?/m0/s1. The third-order valence-electron chi connectivity index (χ3n) is 9.58. The molecule has 1 heterocycles. The molecule has 0 aromatic rings. The molecule has 6 unspecified atom stereocenters. The highest BCUT2D eigenvalue weighted by atomic mass is 16.6. The van der Waals surface area contributed by atoms with Gasteiger partial charge in [0.1, 0.15) is 17.7 Å². The predicted molar refractivity (Wildman–Crippen MR) is 119 cm³/mol. The fourth-order valence-corrected chi connectivity index (χ4v) is 8.19. The minimum Gasteiger partial charge on any atom is -0.458 e. The monoisotopic (exact) mass is 442 g/mol. The van der Waals surface area contributed by atoms with Crippen LogP contribution in [0.4, 0.5) is 0 Å². The minimum absolute atomic E-state index is 0.0438. The lowest BCUT2D eigenvalue weighted by Crippen LogP contribution is -2.66. The van der Waals surface area contributed by atoms with Crippen LogP contribution in [0.3, 0.4) is 0 Å². The highest BCUT2D eigenvalue weighted by Crippen LogP contribution is 2.64. The molecule has 32 heavy (non-hydrogen) atoms. The number of ether oxygens (including phenoxy) is 1. The van der Waals surface area contributed by atoms with Crippen molar-refractivity contribution in [1.29, 1.82) is 5.26 Å². The summed E-state index contributed by atoms with van der Waals surface area (Å²) in [6, 6.07) is 1.28. The minimum atomic E-state index is -0.615. The van der Waals surface area contributed by atoms with E-state index in [1.165, 1.54) is 0 Å². The van der Waals surface area contributed by atoms with Crippen LogP contribution >= 0.6 is 0 Å². The van der Waals surface area contributed by atoms with Gasteiger partial charge in [0.05, 0.1) is 12.1 Å². The largest absolute Gasteiger partial charge is 0.458 e. The molecule has 0 aromatic carbocycles. The molecule has 6 aliphatic rings. The van der Waals surface area contributed by atoms with Gasteiger partial charge in [-0.2, -0.15) is 5.26 Å². The summed E-state index contributed by atoms with van der Waals surface area (Å²) >= 11 is 0. The average molecular weight is 443 g/mol. The average Bonchev–Trinajstić information content (AvgIpc) is 3.41. The first-order valence-electron chi connectivity index (χ1n) is 12.6. The van der Waals surface area contributed by atoms with E-state index in [1.54, 1.807) is 0 Å². The van der Waals surface area contributed by atoms with Crippen molar-refractivity contribution in [1.82, 2.24) is 10.2 Å². The van der Waals surface area contributed by atoms with Crippen molar-refractivity contribution in [2.75, 3.05) is 7.05 Å². The third-order valence-corrected chi connectivity index (χ3v) is 9.58. The smallest absolute Gasteiger partial charge is 0.323 e. The fraction of sp³-hybridized carbons (Fsp3) is 0.880. The summed E-state index contributed by atoms with van der Waals surface area (Å²) in [5.74, 6) is 1.39. The van der Waals surface area contributed by atoms with E-state index < -0.39 is 11.6 Å². The van der Waals surface area contributed by atoms with Crippen molar-refractivity contribution < 1.29 is 14.3 Å². The second-order valence-electron chi connectivity index (χ2n) is 11.7. The lowest BCUT2D eigenvalue weighted by Gasteiger charge is -2.62. The topological polar surface area (TPSA) is 108 Å². The van der Waals surface area contributed by atoms with E-state index in [0.717, 1.165) is 51.4 Å². The van der Waals surface area contributed by atoms with Crippen LogP contribution in [0.25, 0.3) is 0 Å². The zero-order valence-corrected chi connectivity index (χ0v) is 19.7. The first-order chi connectivity index (χ1) is 15.2. The van der Waals surface area contributed by atoms with Crippen LogP contribution in [0.15, 0.2) is 0 Å². The van der Waals surface area contributed by atoms with E-state index in [9.17, 15) is 14.9 Å². The SMILES string of the molecule is CCC(C)[C@H](NC)C(=O)OC12CC3C[C@H](C1)CC([C@H](N)C(=O)N1C4CC4C[C@H]1C#N)(C3)C2. The van der Waals surface area contributed by atoms with Crippen LogP contribution in [0, 0.1) is 40.4 Å². The summed E-state index contributed by atoms with van der Waals surface area (Å²) in [6.07, 6.45) is 8.21. The van der Waals surface area contributed by atoms with Crippen molar-refractivity contribution in [3.8, 4) is 6.07 Å². The van der Waals surface area contributed by atoms with Gasteiger partial charge in [-0.25, -0.2) is 0 Å². The van der Waals surface area contributed by atoms with Gasteiger partial charge in [-0.1, -0.05) is 20.3 Å². The number of likely N-dealkylation sites (N-methyl/N-ethyl adjacent to an activating group) is 1. The van der Waals surface area contributed by atoms with Crippen LogP contribution in [0.2, 0.25) is 0 Å². The Bertz CT molecular complexity index is 824. The van der Waals surface area contributed by atoms with Crippen molar-refractivity contribution in [2.24, 2.45) is 34.8 Å². The van der Waals surface area contributed by atoms with Gasteiger partial charge in [0.25, 0.3) is 0 Å². The summed E-state index contributed by atoms with van der Waals surface area (Å²) in [4.78, 5) is 28.6. The summed E-state index contributed by atoms with van der Waals surface area (Å²) in [5, 5.41) is 12.7.